The van der Waals surface area contributed by atoms with Crippen molar-refractivity contribution in [3.63, 3.8) is 0 Å². The van der Waals surface area contributed by atoms with Crippen LogP contribution in [0.15, 0.2) is 54.7 Å². The van der Waals surface area contributed by atoms with Gasteiger partial charge in [-0.05, 0) is 35.4 Å². The molecule has 0 saturated carbocycles. The Morgan fingerprint density at radius 1 is 1.03 bits per heavy atom. The van der Waals surface area contributed by atoms with Crippen LogP contribution in [0, 0.1) is 11.6 Å². The molecule has 1 aromatic heterocycles. The van der Waals surface area contributed by atoms with Gasteiger partial charge in [-0.2, -0.15) is 0 Å². The molecule has 7 nitrogen and oxygen atoms in total. The molecule has 1 aliphatic rings. The number of carbonyl (C=O) groups excluding carboxylic acids is 1. The summed E-state index contributed by atoms with van der Waals surface area (Å²) < 4.78 is 32.3. The first kappa shape index (κ1) is 22.6. The quantitative estimate of drug-likeness (QED) is 0.482. The first-order valence-corrected chi connectivity index (χ1v) is 10.6. The van der Waals surface area contributed by atoms with Crippen molar-refractivity contribution < 1.29 is 18.3 Å². The van der Waals surface area contributed by atoms with Crippen LogP contribution in [0.4, 0.5) is 26.0 Å². The number of hydrogen-bond donors (Lipinski definition) is 3. The van der Waals surface area contributed by atoms with E-state index in [2.05, 4.69) is 20.5 Å². The topological polar surface area (TPSA) is 92.5 Å². The fourth-order valence-corrected chi connectivity index (χ4v) is 3.64. The highest BCUT2D eigenvalue weighted by Crippen LogP contribution is 2.23. The van der Waals surface area contributed by atoms with Gasteiger partial charge < -0.3 is 21.1 Å². The summed E-state index contributed by atoms with van der Waals surface area (Å²) in [6.07, 6.45) is 1.37. The molecule has 1 fully saturated rings. The fourth-order valence-electron chi connectivity index (χ4n) is 3.64. The number of anilines is 3. The van der Waals surface area contributed by atoms with Crippen LogP contribution < -0.4 is 16.4 Å². The van der Waals surface area contributed by atoms with Crippen molar-refractivity contribution in [2.24, 2.45) is 5.73 Å². The standard InChI is InChI=1S/C24H25F2N5O2/c25-18-9-17(10-19(26)11-18)13-28-22-12-23(29-14-21(22)24(27)32)30-20-3-1-16(2-4-20)15-31-5-7-33-8-6-31/h1-4,9-12,14H,5-8,13,15H2,(H2,27,32)(H2,28,29,30). The Hall–Kier alpha value is -3.56. The summed E-state index contributed by atoms with van der Waals surface area (Å²) in [5.41, 5.74) is 8.47. The number of hydrogen-bond acceptors (Lipinski definition) is 6. The summed E-state index contributed by atoms with van der Waals surface area (Å²) in [5, 5.41) is 6.22. The minimum Gasteiger partial charge on any atom is -0.380 e. The molecule has 0 bridgehead atoms. The van der Waals surface area contributed by atoms with E-state index in [-0.39, 0.29) is 12.1 Å². The number of rotatable bonds is 8. The van der Waals surface area contributed by atoms with E-state index in [1.165, 1.54) is 23.9 Å². The highest BCUT2D eigenvalue weighted by Gasteiger charge is 2.12. The number of halogens is 2. The maximum absolute atomic E-state index is 13.5. The van der Waals surface area contributed by atoms with Gasteiger partial charge in [-0.15, -0.1) is 0 Å². The molecule has 9 heteroatoms. The first-order chi connectivity index (χ1) is 16.0. The van der Waals surface area contributed by atoms with E-state index in [1.807, 2.05) is 24.3 Å². The summed E-state index contributed by atoms with van der Waals surface area (Å²) >= 11 is 0. The molecule has 1 aliphatic heterocycles. The lowest BCUT2D eigenvalue weighted by molar-refractivity contribution is 0.0342. The van der Waals surface area contributed by atoms with Gasteiger partial charge in [-0.3, -0.25) is 9.69 Å². The average Bonchev–Trinajstić information content (AvgIpc) is 2.79. The third-order valence-corrected chi connectivity index (χ3v) is 5.31. The average molecular weight is 453 g/mol. The Balaban J connectivity index is 1.44. The Bertz CT molecular complexity index is 1100. The molecule has 172 valence electrons. The molecule has 0 atom stereocenters. The second kappa shape index (κ2) is 10.4. The molecule has 0 spiro atoms. The van der Waals surface area contributed by atoms with Gasteiger partial charge in [0.15, 0.2) is 0 Å². The number of amides is 1. The largest absolute Gasteiger partial charge is 0.380 e. The molecule has 0 aliphatic carbocycles. The Morgan fingerprint density at radius 2 is 1.73 bits per heavy atom. The molecule has 3 aromatic rings. The number of benzene rings is 2. The normalized spacial score (nSPS) is 14.1. The minimum absolute atomic E-state index is 0.106. The molecule has 2 aromatic carbocycles. The number of carbonyl (C=O) groups is 1. The van der Waals surface area contributed by atoms with E-state index in [9.17, 15) is 13.6 Å². The van der Waals surface area contributed by atoms with Crippen LogP contribution in [0.3, 0.4) is 0 Å². The lowest BCUT2D eigenvalue weighted by Gasteiger charge is -2.26. The van der Waals surface area contributed by atoms with Gasteiger partial charge in [0.25, 0.3) is 5.91 Å². The number of aromatic nitrogens is 1. The lowest BCUT2D eigenvalue weighted by Crippen LogP contribution is -2.35. The summed E-state index contributed by atoms with van der Waals surface area (Å²) in [6.45, 7) is 4.34. The molecule has 4 N–H and O–H groups in total. The number of primary amides is 1. The van der Waals surface area contributed by atoms with Crippen LogP contribution in [0.2, 0.25) is 0 Å². The van der Waals surface area contributed by atoms with Crippen LogP contribution >= 0.6 is 0 Å². The summed E-state index contributed by atoms with van der Waals surface area (Å²) in [7, 11) is 0. The highest BCUT2D eigenvalue weighted by molar-refractivity contribution is 5.98. The van der Waals surface area contributed by atoms with Crippen molar-refractivity contribution in [3.8, 4) is 0 Å². The van der Waals surface area contributed by atoms with Crippen LogP contribution in [0.25, 0.3) is 0 Å². The van der Waals surface area contributed by atoms with Gasteiger partial charge in [0.2, 0.25) is 0 Å². The van der Waals surface area contributed by atoms with Crippen molar-refractivity contribution in [2.75, 3.05) is 36.9 Å². The number of pyridine rings is 1. The van der Waals surface area contributed by atoms with E-state index >= 15 is 0 Å². The SMILES string of the molecule is NC(=O)c1cnc(Nc2ccc(CN3CCOCC3)cc2)cc1NCc1cc(F)cc(F)c1. The molecular formula is C24H25F2N5O2. The highest BCUT2D eigenvalue weighted by atomic mass is 19.1. The smallest absolute Gasteiger partial charge is 0.252 e. The molecular weight excluding hydrogens is 428 g/mol. The third-order valence-electron chi connectivity index (χ3n) is 5.31. The van der Waals surface area contributed by atoms with Crippen LogP contribution in [0.1, 0.15) is 21.5 Å². The molecule has 1 saturated heterocycles. The zero-order valence-corrected chi connectivity index (χ0v) is 18.0. The number of nitrogens with zero attached hydrogens (tertiary/aromatic N) is 2. The number of ether oxygens (including phenoxy) is 1. The first-order valence-electron chi connectivity index (χ1n) is 10.6. The Labute approximate surface area is 190 Å². The van der Waals surface area contributed by atoms with E-state index < -0.39 is 17.5 Å². The summed E-state index contributed by atoms with van der Waals surface area (Å²) in [5.74, 6) is -1.50. The second-order valence-corrected chi connectivity index (χ2v) is 7.82. The molecule has 2 heterocycles. The molecule has 0 unspecified atom stereocenters. The van der Waals surface area contributed by atoms with Crippen molar-refractivity contribution >= 4 is 23.1 Å². The Kier molecular flexibility index (Phi) is 7.11. The minimum atomic E-state index is -0.670. The molecule has 1 amide bonds. The maximum Gasteiger partial charge on any atom is 0.252 e. The van der Waals surface area contributed by atoms with Gasteiger partial charge in [-0.25, -0.2) is 13.8 Å². The van der Waals surface area contributed by atoms with Crippen LogP contribution in [-0.4, -0.2) is 42.1 Å². The monoisotopic (exact) mass is 453 g/mol. The molecule has 4 rings (SSSR count). The number of nitrogens with one attached hydrogen (secondary N) is 2. The zero-order valence-electron chi connectivity index (χ0n) is 18.0. The van der Waals surface area contributed by atoms with Gasteiger partial charge in [0.05, 0.1) is 24.5 Å². The van der Waals surface area contributed by atoms with Crippen molar-refractivity contribution in [1.29, 1.82) is 0 Å². The van der Waals surface area contributed by atoms with Gasteiger partial charge >= 0.3 is 0 Å². The molecule has 0 radical (unpaired) electrons. The van der Waals surface area contributed by atoms with Crippen LogP contribution in [-0.2, 0) is 17.8 Å². The van der Waals surface area contributed by atoms with Gasteiger partial charge in [0, 0.05) is 50.2 Å². The lowest BCUT2D eigenvalue weighted by atomic mass is 10.1. The second-order valence-electron chi connectivity index (χ2n) is 7.82. The van der Waals surface area contributed by atoms with Crippen molar-refractivity contribution in [3.05, 3.63) is 83.1 Å². The predicted octanol–water partition coefficient (Wildman–Crippen LogP) is 3.65. The van der Waals surface area contributed by atoms with E-state index in [0.29, 0.717) is 17.1 Å². The number of morpholine rings is 1. The third kappa shape index (κ3) is 6.24. The van der Waals surface area contributed by atoms with Crippen LogP contribution in [0.5, 0.6) is 0 Å². The zero-order chi connectivity index (χ0) is 23.2. The summed E-state index contributed by atoms with van der Waals surface area (Å²) in [6, 6.07) is 12.9. The Morgan fingerprint density at radius 3 is 2.39 bits per heavy atom. The number of nitrogens with two attached hydrogens (primary N) is 1. The van der Waals surface area contributed by atoms with E-state index in [0.717, 1.165) is 44.6 Å². The van der Waals surface area contributed by atoms with Crippen molar-refractivity contribution in [1.82, 2.24) is 9.88 Å². The molecule has 33 heavy (non-hydrogen) atoms. The predicted molar refractivity (Wildman–Crippen MR) is 122 cm³/mol. The van der Waals surface area contributed by atoms with E-state index in [4.69, 9.17) is 10.5 Å². The van der Waals surface area contributed by atoms with Crippen molar-refractivity contribution in [2.45, 2.75) is 13.1 Å². The van der Waals surface area contributed by atoms with Gasteiger partial charge in [-0.1, -0.05) is 12.1 Å². The maximum atomic E-state index is 13.5. The van der Waals surface area contributed by atoms with Gasteiger partial charge in [0.1, 0.15) is 17.5 Å². The fraction of sp³-hybridized carbons (Fsp3) is 0.250. The van der Waals surface area contributed by atoms with E-state index in [1.54, 1.807) is 6.07 Å². The summed E-state index contributed by atoms with van der Waals surface area (Å²) in [4.78, 5) is 18.4.